The van der Waals surface area contributed by atoms with Gasteiger partial charge in [0.05, 0.1) is 10.6 Å². The second kappa shape index (κ2) is 4.10. The minimum Gasteiger partial charge on any atom is -0.227 e. The van der Waals surface area contributed by atoms with Gasteiger partial charge in [0, 0.05) is 12.4 Å². The van der Waals surface area contributed by atoms with Crippen molar-refractivity contribution in [3.63, 3.8) is 0 Å². The van der Waals surface area contributed by atoms with Gasteiger partial charge in [-0.2, -0.15) is 9.78 Å². The highest BCUT2D eigenvalue weighted by atomic mass is 79.9. The second-order valence-electron chi connectivity index (χ2n) is 2.90. The molecule has 2 heterocycles. The third-order valence-electron chi connectivity index (χ3n) is 1.75. The molecular formula is C8H7BBrN5. The largest absolute Gasteiger partial charge is 0.252 e. The lowest BCUT2D eigenvalue weighted by Crippen LogP contribution is -2.10. The highest BCUT2D eigenvalue weighted by Crippen LogP contribution is 2.19. The van der Waals surface area contributed by atoms with E-state index < -0.39 is 0 Å². The molecule has 0 fully saturated rings. The molecule has 0 amide bonds. The lowest BCUT2D eigenvalue weighted by molar-refractivity contribution is 0.751. The Labute approximate surface area is 96.5 Å². The van der Waals surface area contributed by atoms with Crippen LogP contribution in [-0.2, 0) is 0 Å². The van der Waals surface area contributed by atoms with Gasteiger partial charge >= 0.3 is 0 Å². The Kier molecular flexibility index (Phi) is 2.81. The van der Waals surface area contributed by atoms with Crippen LogP contribution in [0.5, 0.6) is 0 Å². The van der Waals surface area contributed by atoms with Crippen molar-refractivity contribution < 1.29 is 0 Å². The van der Waals surface area contributed by atoms with Gasteiger partial charge in [-0.05, 0) is 13.0 Å². The predicted molar refractivity (Wildman–Crippen MR) is 59.7 cm³/mol. The van der Waals surface area contributed by atoms with E-state index in [2.05, 4.69) is 36.0 Å². The standard InChI is InChI=1S/C8H7BBrN5/c1-5(10)6-13-7(9)14-15(6)8-11-3-2-4-12-8/h2-5H,1H3. The van der Waals surface area contributed by atoms with Crippen LogP contribution in [-0.4, -0.2) is 32.6 Å². The van der Waals surface area contributed by atoms with Gasteiger partial charge in [-0.3, -0.25) is 0 Å². The third kappa shape index (κ3) is 2.06. The van der Waals surface area contributed by atoms with E-state index in [9.17, 15) is 0 Å². The number of aromatic nitrogens is 5. The van der Waals surface area contributed by atoms with E-state index in [1.165, 1.54) is 4.68 Å². The minimum atomic E-state index is 0.0334. The van der Waals surface area contributed by atoms with Crippen molar-refractivity contribution in [2.24, 2.45) is 0 Å². The molecule has 74 valence electrons. The summed E-state index contributed by atoms with van der Waals surface area (Å²) in [6, 6.07) is 1.74. The van der Waals surface area contributed by atoms with E-state index in [1.54, 1.807) is 18.5 Å². The Balaban J connectivity index is 2.53. The maximum absolute atomic E-state index is 5.54. The van der Waals surface area contributed by atoms with Crippen molar-refractivity contribution >= 4 is 29.5 Å². The molecule has 1 unspecified atom stereocenters. The lowest BCUT2D eigenvalue weighted by atomic mass is 10.1. The molecule has 2 radical (unpaired) electrons. The fourth-order valence-electron chi connectivity index (χ4n) is 1.15. The van der Waals surface area contributed by atoms with E-state index >= 15 is 0 Å². The normalized spacial score (nSPS) is 12.7. The van der Waals surface area contributed by atoms with Crippen LogP contribution < -0.4 is 5.72 Å². The number of nitrogens with zero attached hydrogens (tertiary/aromatic N) is 5. The molecule has 0 aliphatic carbocycles. The molecule has 5 nitrogen and oxygen atoms in total. The summed E-state index contributed by atoms with van der Waals surface area (Å²) < 4.78 is 1.52. The Bertz CT molecular complexity index is 455. The zero-order valence-corrected chi connectivity index (χ0v) is 9.59. The van der Waals surface area contributed by atoms with E-state index in [-0.39, 0.29) is 10.6 Å². The first-order valence-corrected chi connectivity index (χ1v) is 5.24. The molecule has 0 N–H and O–H groups in total. The molecule has 0 saturated heterocycles. The maximum Gasteiger partial charge on any atom is 0.252 e. The van der Waals surface area contributed by atoms with Gasteiger partial charge in [0.15, 0.2) is 7.85 Å². The van der Waals surface area contributed by atoms with Crippen LogP contribution in [0.4, 0.5) is 0 Å². The van der Waals surface area contributed by atoms with Crippen LogP contribution >= 0.6 is 15.9 Å². The molecular weight excluding hydrogens is 257 g/mol. The molecule has 0 aromatic carbocycles. The Morgan fingerprint density at radius 1 is 1.40 bits per heavy atom. The van der Waals surface area contributed by atoms with Crippen molar-refractivity contribution in [2.75, 3.05) is 0 Å². The molecule has 0 spiro atoms. The molecule has 7 heteroatoms. The van der Waals surface area contributed by atoms with Crippen LogP contribution in [0.25, 0.3) is 5.95 Å². The molecule has 0 aliphatic heterocycles. The monoisotopic (exact) mass is 263 g/mol. The van der Waals surface area contributed by atoms with Gasteiger partial charge < -0.3 is 0 Å². The predicted octanol–water partition coefficient (Wildman–Crippen LogP) is 0.307. The zero-order valence-electron chi connectivity index (χ0n) is 8.00. The average Bonchev–Trinajstić information content (AvgIpc) is 2.62. The quantitative estimate of drug-likeness (QED) is 0.578. The van der Waals surface area contributed by atoms with E-state index in [4.69, 9.17) is 7.85 Å². The zero-order chi connectivity index (χ0) is 10.8. The number of hydrogen-bond donors (Lipinski definition) is 0. The summed E-state index contributed by atoms with van der Waals surface area (Å²) in [4.78, 5) is 12.3. The highest BCUT2D eigenvalue weighted by Gasteiger charge is 2.14. The number of alkyl halides is 1. The molecule has 2 aromatic heterocycles. The number of rotatable bonds is 2. The van der Waals surface area contributed by atoms with Gasteiger partial charge in [0.1, 0.15) is 5.82 Å². The summed E-state index contributed by atoms with van der Waals surface area (Å²) >= 11 is 3.41. The van der Waals surface area contributed by atoms with Crippen molar-refractivity contribution in [3.8, 4) is 5.95 Å². The smallest absolute Gasteiger partial charge is 0.227 e. The van der Waals surface area contributed by atoms with Crippen LogP contribution in [0.15, 0.2) is 18.5 Å². The molecule has 15 heavy (non-hydrogen) atoms. The van der Waals surface area contributed by atoms with Crippen LogP contribution in [0, 0.1) is 0 Å². The summed E-state index contributed by atoms with van der Waals surface area (Å²) in [6.07, 6.45) is 3.28. The fourth-order valence-corrected chi connectivity index (χ4v) is 1.44. The van der Waals surface area contributed by atoms with E-state index in [0.29, 0.717) is 11.8 Å². The van der Waals surface area contributed by atoms with E-state index in [0.717, 1.165) is 0 Å². The molecule has 2 rings (SSSR count). The SMILES string of the molecule is [B]c1nc(C(C)Br)n(-c2ncccn2)n1. The van der Waals surface area contributed by atoms with Gasteiger partial charge in [-0.25, -0.2) is 15.0 Å². The summed E-state index contributed by atoms with van der Waals surface area (Å²) in [6.45, 7) is 1.93. The minimum absolute atomic E-state index is 0.0334. The van der Waals surface area contributed by atoms with Gasteiger partial charge in [-0.15, -0.1) is 0 Å². The first kappa shape index (κ1) is 10.3. The van der Waals surface area contributed by atoms with Crippen LogP contribution in [0.1, 0.15) is 17.6 Å². The summed E-state index contributed by atoms with van der Waals surface area (Å²) in [5, 5.41) is 4.03. The van der Waals surface area contributed by atoms with E-state index in [1.807, 2.05) is 6.92 Å². The molecule has 1 atom stereocenters. The average molecular weight is 264 g/mol. The highest BCUT2D eigenvalue weighted by molar-refractivity contribution is 9.09. The van der Waals surface area contributed by atoms with Gasteiger partial charge in [0.2, 0.25) is 0 Å². The van der Waals surface area contributed by atoms with Crippen molar-refractivity contribution in [1.82, 2.24) is 24.7 Å². The molecule has 0 saturated carbocycles. The summed E-state index contributed by atoms with van der Waals surface area (Å²) in [5.41, 5.74) is 0.212. The first-order valence-electron chi connectivity index (χ1n) is 4.32. The summed E-state index contributed by atoms with van der Waals surface area (Å²) in [5.74, 6) is 1.14. The Hall–Kier alpha value is -1.24. The van der Waals surface area contributed by atoms with Crippen molar-refractivity contribution in [3.05, 3.63) is 24.3 Å². The lowest BCUT2D eigenvalue weighted by Gasteiger charge is -2.04. The Morgan fingerprint density at radius 3 is 2.67 bits per heavy atom. The topological polar surface area (TPSA) is 56.5 Å². The number of hydrogen-bond acceptors (Lipinski definition) is 4. The number of halogens is 1. The Morgan fingerprint density at radius 2 is 2.07 bits per heavy atom. The fraction of sp³-hybridized carbons (Fsp3) is 0.250. The second-order valence-corrected chi connectivity index (χ2v) is 4.28. The van der Waals surface area contributed by atoms with Gasteiger partial charge in [-0.1, -0.05) is 15.9 Å². The van der Waals surface area contributed by atoms with Crippen molar-refractivity contribution in [2.45, 2.75) is 11.8 Å². The molecule has 0 bridgehead atoms. The molecule has 0 aliphatic rings. The maximum atomic E-state index is 5.54. The van der Waals surface area contributed by atoms with Crippen LogP contribution in [0.2, 0.25) is 0 Å². The van der Waals surface area contributed by atoms with Crippen molar-refractivity contribution in [1.29, 1.82) is 0 Å². The summed E-state index contributed by atoms with van der Waals surface area (Å²) in [7, 11) is 5.54. The van der Waals surface area contributed by atoms with Crippen LogP contribution in [0.3, 0.4) is 0 Å². The van der Waals surface area contributed by atoms with Gasteiger partial charge in [0.25, 0.3) is 5.95 Å². The first-order chi connectivity index (χ1) is 7.18. The molecule has 2 aromatic rings. The third-order valence-corrected chi connectivity index (χ3v) is 2.16.